The Balaban J connectivity index is 2.26. The number of piperazine rings is 1. The van der Waals surface area contributed by atoms with Gasteiger partial charge in [0.15, 0.2) is 0 Å². The SMILES string of the molecule is CCCNc1nc(N(C)C)nc(N2CCN(C)CC2C)n1. The fourth-order valence-corrected chi connectivity index (χ4v) is 2.44. The van der Waals surface area contributed by atoms with E-state index >= 15 is 0 Å². The minimum Gasteiger partial charge on any atom is -0.354 e. The number of nitrogens with zero attached hydrogens (tertiary/aromatic N) is 6. The fourth-order valence-electron chi connectivity index (χ4n) is 2.44. The number of anilines is 3. The lowest BCUT2D eigenvalue weighted by Crippen LogP contribution is -2.51. The Kier molecular flexibility index (Phi) is 5.17. The molecule has 2 rings (SSSR count). The summed E-state index contributed by atoms with van der Waals surface area (Å²) in [5, 5.41) is 3.27. The molecule has 0 spiro atoms. The third kappa shape index (κ3) is 3.93. The first-order valence-electron chi connectivity index (χ1n) is 7.63. The average Bonchev–Trinajstić information content (AvgIpc) is 2.44. The number of likely N-dealkylation sites (N-methyl/N-ethyl adjacent to an activating group) is 1. The molecule has 0 radical (unpaired) electrons. The van der Waals surface area contributed by atoms with Crippen LogP contribution in [0.2, 0.25) is 0 Å². The Bertz CT molecular complexity index is 463. The smallest absolute Gasteiger partial charge is 0.232 e. The van der Waals surface area contributed by atoms with Gasteiger partial charge >= 0.3 is 0 Å². The van der Waals surface area contributed by atoms with Gasteiger partial charge in [-0.25, -0.2) is 0 Å². The van der Waals surface area contributed by atoms with Gasteiger partial charge in [0, 0.05) is 46.3 Å². The van der Waals surface area contributed by atoms with Crippen molar-refractivity contribution >= 4 is 17.8 Å². The first-order chi connectivity index (χ1) is 10.0. The van der Waals surface area contributed by atoms with E-state index in [-0.39, 0.29) is 0 Å². The largest absolute Gasteiger partial charge is 0.354 e. The summed E-state index contributed by atoms with van der Waals surface area (Å²) in [6.45, 7) is 8.22. The average molecular weight is 293 g/mol. The summed E-state index contributed by atoms with van der Waals surface area (Å²) in [6, 6.07) is 0.403. The van der Waals surface area contributed by atoms with Crippen LogP contribution in [0, 0.1) is 0 Å². The van der Waals surface area contributed by atoms with Gasteiger partial charge in [-0.1, -0.05) is 6.92 Å². The highest BCUT2D eigenvalue weighted by atomic mass is 15.4. The molecule has 2 heterocycles. The van der Waals surface area contributed by atoms with Crippen molar-refractivity contribution in [1.29, 1.82) is 0 Å². The Morgan fingerprint density at radius 3 is 2.62 bits per heavy atom. The molecule has 0 aliphatic carbocycles. The molecule has 7 heteroatoms. The fraction of sp³-hybridized carbons (Fsp3) is 0.786. The van der Waals surface area contributed by atoms with E-state index in [9.17, 15) is 0 Å². The van der Waals surface area contributed by atoms with Crippen LogP contribution in [0.3, 0.4) is 0 Å². The predicted molar refractivity (Wildman–Crippen MR) is 87.2 cm³/mol. The van der Waals surface area contributed by atoms with Crippen molar-refractivity contribution in [2.75, 3.05) is 62.4 Å². The minimum absolute atomic E-state index is 0.403. The summed E-state index contributed by atoms with van der Waals surface area (Å²) in [5.74, 6) is 2.13. The summed E-state index contributed by atoms with van der Waals surface area (Å²) in [6.07, 6.45) is 1.04. The zero-order chi connectivity index (χ0) is 15.4. The molecule has 1 aliphatic heterocycles. The van der Waals surface area contributed by atoms with Crippen molar-refractivity contribution in [3.63, 3.8) is 0 Å². The molecule has 1 aromatic heterocycles. The Morgan fingerprint density at radius 2 is 2.00 bits per heavy atom. The number of rotatable bonds is 5. The second-order valence-corrected chi connectivity index (χ2v) is 5.88. The van der Waals surface area contributed by atoms with Gasteiger partial charge in [-0.05, 0) is 20.4 Å². The van der Waals surface area contributed by atoms with Crippen molar-refractivity contribution in [3.8, 4) is 0 Å². The first-order valence-corrected chi connectivity index (χ1v) is 7.63. The topological polar surface area (TPSA) is 60.4 Å². The van der Waals surface area contributed by atoms with Gasteiger partial charge in [0.05, 0.1) is 0 Å². The Hall–Kier alpha value is -1.63. The van der Waals surface area contributed by atoms with Gasteiger partial charge in [-0.2, -0.15) is 15.0 Å². The highest BCUT2D eigenvalue weighted by Crippen LogP contribution is 2.19. The summed E-state index contributed by atoms with van der Waals surface area (Å²) in [7, 11) is 6.06. The van der Waals surface area contributed by atoms with Gasteiger partial charge in [-0.3, -0.25) is 0 Å². The van der Waals surface area contributed by atoms with Gasteiger partial charge in [0.1, 0.15) is 0 Å². The Morgan fingerprint density at radius 1 is 1.24 bits per heavy atom. The van der Waals surface area contributed by atoms with Crippen molar-refractivity contribution < 1.29 is 0 Å². The molecule has 0 aromatic carbocycles. The van der Waals surface area contributed by atoms with Crippen LogP contribution in [-0.4, -0.2) is 73.2 Å². The molecule has 1 aromatic rings. The number of hydrogen-bond acceptors (Lipinski definition) is 7. The first kappa shape index (κ1) is 15.8. The van der Waals surface area contributed by atoms with Crippen molar-refractivity contribution in [1.82, 2.24) is 19.9 Å². The molecule has 118 valence electrons. The van der Waals surface area contributed by atoms with E-state index in [0.717, 1.165) is 38.5 Å². The minimum atomic E-state index is 0.403. The second-order valence-electron chi connectivity index (χ2n) is 5.88. The standard InChI is InChI=1S/C14H27N7/c1-6-7-15-12-16-13(19(3)4)18-14(17-12)21-9-8-20(5)10-11(21)2/h11H,6-10H2,1-5H3,(H,15,16,17,18). The van der Waals surface area contributed by atoms with Crippen molar-refractivity contribution in [3.05, 3.63) is 0 Å². The lowest BCUT2D eigenvalue weighted by atomic mass is 10.2. The maximum absolute atomic E-state index is 4.61. The number of hydrogen-bond donors (Lipinski definition) is 1. The molecule has 21 heavy (non-hydrogen) atoms. The molecule has 1 unspecified atom stereocenters. The van der Waals surface area contributed by atoms with Gasteiger partial charge in [-0.15, -0.1) is 0 Å². The summed E-state index contributed by atoms with van der Waals surface area (Å²) in [4.78, 5) is 20.2. The van der Waals surface area contributed by atoms with Crippen LogP contribution in [0.5, 0.6) is 0 Å². The molecule has 7 nitrogen and oxygen atoms in total. The summed E-state index contributed by atoms with van der Waals surface area (Å²) >= 11 is 0. The van der Waals surface area contributed by atoms with Crippen molar-refractivity contribution in [2.45, 2.75) is 26.3 Å². The maximum atomic E-state index is 4.61. The monoisotopic (exact) mass is 293 g/mol. The van der Waals surface area contributed by atoms with Crippen LogP contribution in [0.15, 0.2) is 0 Å². The van der Waals surface area contributed by atoms with Gasteiger partial charge in [0.25, 0.3) is 0 Å². The van der Waals surface area contributed by atoms with E-state index in [0.29, 0.717) is 17.9 Å². The highest BCUT2D eigenvalue weighted by Gasteiger charge is 2.24. The molecule has 0 saturated carbocycles. The van der Waals surface area contributed by atoms with E-state index < -0.39 is 0 Å². The van der Waals surface area contributed by atoms with Gasteiger partial charge in [0.2, 0.25) is 17.8 Å². The van der Waals surface area contributed by atoms with Crippen LogP contribution in [0.25, 0.3) is 0 Å². The molecule has 0 amide bonds. The quantitative estimate of drug-likeness (QED) is 0.865. The maximum Gasteiger partial charge on any atom is 0.232 e. The van der Waals surface area contributed by atoms with Crippen molar-refractivity contribution in [2.24, 2.45) is 0 Å². The van der Waals surface area contributed by atoms with Gasteiger partial charge < -0.3 is 20.0 Å². The second kappa shape index (κ2) is 6.89. The molecule has 1 aliphatic rings. The van der Waals surface area contributed by atoms with Crippen LogP contribution < -0.4 is 15.1 Å². The van der Waals surface area contributed by atoms with Crippen LogP contribution >= 0.6 is 0 Å². The zero-order valence-electron chi connectivity index (χ0n) is 13.8. The molecule has 0 bridgehead atoms. The van der Waals surface area contributed by atoms with E-state index in [1.165, 1.54) is 0 Å². The number of nitrogens with one attached hydrogen (secondary N) is 1. The number of aromatic nitrogens is 3. The van der Waals surface area contributed by atoms with E-state index in [2.05, 4.69) is 51.0 Å². The molecule has 1 fully saturated rings. The molecular formula is C14H27N7. The van der Waals surface area contributed by atoms with E-state index in [4.69, 9.17) is 0 Å². The normalized spacial score (nSPS) is 19.7. The highest BCUT2D eigenvalue weighted by molar-refractivity contribution is 5.45. The molecule has 1 N–H and O–H groups in total. The molecule has 1 atom stereocenters. The zero-order valence-corrected chi connectivity index (χ0v) is 13.8. The molecule has 1 saturated heterocycles. The third-order valence-corrected chi connectivity index (χ3v) is 3.63. The van der Waals surface area contributed by atoms with Crippen LogP contribution in [0.4, 0.5) is 17.8 Å². The lowest BCUT2D eigenvalue weighted by molar-refractivity contribution is 0.273. The van der Waals surface area contributed by atoms with E-state index in [1.807, 2.05) is 19.0 Å². The summed E-state index contributed by atoms with van der Waals surface area (Å²) < 4.78 is 0. The summed E-state index contributed by atoms with van der Waals surface area (Å²) in [5.41, 5.74) is 0. The lowest BCUT2D eigenvalue weighted by Gasteiger charge is -2.38. The van der Waals surface area contributed by atoms with E-state index in [1.54, 1.807) is 0 Å². The predicted octanol–water partition coefficient (Wildman–Crippen LogP) is 0.900. The Labute approximate surface area is 127 Å². The van der Waals surface area contributed by atoms with Crippen LogP contribution in [-0.2, 0) is 0 Å². The van der Waals surface area contributed by atoms with Crippen LogP contribution in [0.1, 0.15) is 20.3 Å². The third-order valence-electron chi connectivity index (χ3n) is 3.63. The molecular weight excluding hydrogens is 266 g/mol.